The average molecular weight is 329 g/mol. The fourth-order valence-corrected chi connectivity index (χ4v) is 3.18. The Balaban J connectivity index is 1.82. The van der Waals surface area contributed by atoms with Crippen LogP contribution in [0.2, 0.25) is 0 Å². The second kappa shape index (κ2) is 6.36. The summed E-state index contributed by atoms with van der Waals surface area (Å²) in [6, 6.07) is 25.7. The maximum absolute atomic E-state index is 13.2. The molecule has 3 heteroatoms. The lowest BCUT2D eigenvalue weighted by molar-refractivity contribution is -0.112. The van der Waals surface area contributed by atoms with Crippen molar-refractivity contribution in [3.8, 4) is 0 Å². The molecule has 1 aliphatic heterocycles. The van der Waals surface area contributed by atoms with Gasteiger partial charge in [0.15, 0.2) is 0 Å². The van der Waals surface area contributed by atoms with Gasteiger partial charge in [0, 0.05) is 5.69 Å². The molecule has 1 aliphatic rings. The van der Waals surface area contributed by atoms with Gasteiger partial charge in [-0.05, 0) is 41.0 Å². The number of anilines is 1. The van der Waals surface area contributed by atoms with Crippen LogP contribution in [0.4, 0.5) is 10.1 Å². The van der Waals surface area contributed by atoms with Gasteiger partial charge in [-0.3, -0.25) is 4.79 Å². The molecule has 0 fully saturated rings. The third-order valence-corrected chi connectivity index (χ3v) is 4.40. The first-order chi connectivity index (χ1) is 12.2. The highest BCUT2D eigenvalue weighted by Crippen LogP contribution is 2.36. The summed E-state index contributed by atoms with van der Waals surface area (Å²) in [6.45, 7) is 0.471. The minimum Gasteiger partial charge on any atom is -0.304 e. The molecule has 122 valence electrons. The van der Waals surface area contributed by atoms with Gasteiger partial charge in [-0.1, -0.05) is 60.7 Å². The quantitative estimate of drug-likeness (QED) is 0.677. The summed E-state index contributed by atoms with van der Waals surface area (Å²) in [5.74, 6) is -0.369. The van der Waals surface area contributed by atoms with Crippen LogP contribution in [0.3, 0.4) is 0 Å². The Labute approximate surface area is 145 Å². The monoisotopic (exact) mass is 329 g/mol. The molecule has 1 amide bonds. The number of carbonyl (C=O) groups excluding carboxylic acids is 1. The number of benzene rings is 3. The minimum atomic E-state index is -0.310. The highest BCUT2D eigenvalue weighted by Gasteiger charge is 2.32. The molecular weight excluding hydrogens is 313 g/mol. The van der Waals surface area contributed by atoms with Crippen molar-refractivity contribution in [1.82, 2.24) is 0 Å². The Bertz CT molecular complexity index is 931. The van der Waals surface area contributed by atoms with Gasteiger partial charge in [0.25, 0.3) is 5.91 Å². The molecule has 0 radical (unpaired) electrons. The number of halogens is 1. The van der Waals surface area contributed by atoms with Crippen LogP contribution in [0, 0.1) is 5.82 Å². The molecule has 0 saturated heterocycles. The summed E-state index contributed by atoms with van der Waals surface area (Å²) < 4.78 is 13.2. The molecule has 25 heavy (non-hydrogen) atoms. The zero-order valence-corrected chi connectivity index (χ0v) is 13.5. The summed E-state index contributed by atoms with van der Waals surface area (Å²) >= 11 is 0. The normalized spacial score (nSPS) is 14.3. The van der Waals surface area contributed by atoms with Crippen molar-refractivity contribution in [2.75, 3.05) is 11.4 Å². The van der Waals surface area contributed by atoms with Crippen molar-refractivity contribution >= 4 is 22.7 Å². The molecular formula is C22H16FNO. The zero-order valence-electron chi connectivity index (χ0n) is 13.5. The van der Waals surface area contributed by atoms with Crippen LogP contribution in [0.5, 0.6) is 0 Å². The van der Waals surface area contributed by atoms with E-state index in [0.29, 0.717) is 17.8 Å². The topological polar surface area (TPSA) is 20.3 Å². The first-order valence-corrected chi connectivity index (χ1v) is 8.15. The maximum Gasteiger partial charge on any atom is 0.259 e. The van der Waals surface area contributed by atoms with E-state index in [0.717, 1.165) is 16.7 Å². The third kappa shape index (κ3) is 2.85. The third-order valence-electron chi connectivity index (χ3n) is 4.40. The van der Waals surface area contributed by atoms with E-state index in [1.165, 1.54) is 12.1 Å². The van der Waals surface area contributed by atoms with Crippen molar-refractivity contribution in [3.63, 3.8) is 0 Å². The molecule has 0 aromatic heterocycles. The fraction of sp³-hybridized carbons (Fsp3) is 0.0455. The highest BCUT2D eigenvalue weighted by atomic mass is 19.1. The van der Waals surface area contributed by atoms with E-state index < -0.39 is 0 Å². The van der Waals surface area contributed by atoms with E-state index in [1.807, 2.05) is 60.7 Å². The largest absolute Gasteiger partial charge is 0.304 e. The number of carbonyl (C=O) groups is 1. The van der Waals surface area contributed by atoms with Crippen LogP contribution in [0.25, 0.3) is 11.1 Å². The molecule has 0 saturated carbocycles. The van der Waals surface area contributed by atoms with E-state index in [1.54, 1.807) is 17.0 Å². The smallest absolute Gasteiger partial charge is 0.259 e. The Hall–Kier alpha value is -3.20. The SMILES string of the molecule is O=C1C(c2ccccc2)=C(c2ccccc2)CN1c1ccc(F)cc1. The van der Waals surface area contributed by atoms with Crippen molar-refractivity contribution in [1.29, 1.82) is 0 Å². The van der Waals surface area contributed by atoms with Crippen molar-refractivity contribution in [3.05, 3.63) is 102 Å². The molecule has 0 aliphatic carbocycles. The zero-order chi connectivity index (χ0) is 17.2. The molecule has 0 unspecified atom stereocenters. The van der Waals surface area contributed by atoms with Gasteiger partial charge in [-0.15, -0.1) is 0 Å². The lowest BCUT2D eigenvalue weighted by Gasteiger charge is -2.17. The lowest BCUT2D eigenvalue weighted by atomic mass is 9.97. The van der Waals surface area contributed by atoms with Gasteiger partial charge in [-0.2, -0.15) is 0 Å². The Kier molecular flexibility index (Phi) is 3.90. The minimum absolute atomic E-state index is 0.0586. The van der Waals surface area contributed by atoms with E-state index in [9.17, 15) is 9.18 Å². The highest BCUT2D eigenvalue weighted by molar-refractivity contribution is 6.36. The summed E-state index contributed by atoms with van der Waals surface area (Å²) in [6.07, 6.45) is 0. The van der Waals surface area contributed by atoms with E-state index in [-0.39, 0.29) is 11.7 Å². The summed E-state index contributed by atoms with van der Waals surface area (Å²) in [7, 11) is 0. The van der Waals surface area contributed by atoms with Crippen LogP contribution in [-0.2, 0) is 4.79 Å². The summed E-state index contributed by atoms with van der Waals surface area (Å²) in [5, 5.41) is 0. The van der Waals surface area contributed by atoms with Gasteiger partial charge in [0.2, 0.25) is 0 Å². The van der Waals surface area contributed by atoms with Crippen molar-refractivity contribution in [2.24, 2.45) is 0 Å². The molecule has 1 heterocycles. The molecule has 2 nitrogen and oxygen atoms in total. The molecule has 0 N–H and O–H groups in total. The van der Waals surface area contributed by atoms with Crippen molar-refractivity contribution < 1.29 is 9.18 Å². The Morgan fingerprint density at radius 1 is 0.720 bits per heavy atom. The predicted molar refractivity (Wildman–Crippen MR) is 98.5 cm³/mol. The van der Waals surface area contributed by atoms with E-state index in [4.69, 9.17) is 0 Å². The van der Waals surface area contributed by atoms with Crippen LogP contribution < -0.4 is 4.90 Å². The Morgan fingerprint density at radius 2 is 1.28 bits per heavy atom. The molecule has 3 aromatic carbocycles. The second-order valence-electron chi connectivity index (χ2n) is 5.95. The Morgan fingerprint density at radius 3 is 1.88 bits per heavy atom. The lowest BCUT2D eigenvalue weighted by Crippen LogP contribution is -2.26. The number of rotatable bonds is 3. The van der Waals surface area contributed by atoms with Gasteiger partial charge in [0.05, 0.1) is 12.1 Å². The standard InChI is InChI=1S/C22H16FNO/c23-18-11-13-19(14-12-18)24-15-20(16-7-3-1-4-8-16)21(22(24)25)17-9-5-2-6-10-17/h1-14H,15H2. The maximum atomic E-state index is 13.2. The first-order valence-electron chi connectivity index (χ1n) is 8.15. The molecule has 0 bridgehead atoms. The van der Waals surface area contributed by atoms with E-state index >= 15 is 0 Å². The number of nitrogens with zero attached hydrogens (tertiary/aromatic N) is 1. The molecule has 3 aromatic rings. The van der Waals surface area contributed by atoms with Gasteiger partial charge in [-0.25, -0.2) is 4.39 Å². The summed E-state index contributed by atoms with van der Waals surface area (Å²) in [5.41, 5.74) is 4.32. The van der Waals surface area contributed by atoms with Gasteiger partial charge in [0.1, 0.15) is 5.82 Å². The molecule has 0 atom stereocenters. The molecule has 0 spiro atoms. The van der Waals surface area contributed by atoms with Crippen molar-refractivity contribution in [2.45, 2.75) is 0 Å². The first kappa shape index (κ1) is 15.3. The second-order valence-corrected chi connectivity index (χ2v) is 5.95. The fourth-order valence-electron chi connectivity index (χ4n) is 3.18. The van der Waals surface area contributed by atoms with Crippen LogP contribution in [-0.4, -0.2) is 12.5 Å². The van der Waals surface area contributed by atoms with Crippen LogP contribution in [0.15, 0.2) is 84.9 Å². The number of hydrogen-bond donors (Lipinski definition) is 0. The van der Waals surface area contributed by atoms with E-state index in [2.05, 4.69) is 0 Å². The van der Waals surface area contributed by atoms with Gasteiger partial charge < -0.3 is 4.90 Å². The summed E-state index contributed by atoms with van der Waals surface area (Å²) in [4.78, 5) is 14.8. The van der Waals surface area contributed by atoms with Crippen LogP contribution >= 0.6 is 0 Å². The molecule has 4 rings (SSSR count). The van der Waals surface area contributed by atoms with Crippen LogP contribution in [0.1, 0.15) is 11.1 Å². The number of amides is 1. The van der Waals surface area contributed by atoms with Gasteiger partial charge >= 0.3 is 0 Å². The predicted octanol–water partition coefficient (Wildman–Crippen LogP) is 4.78. The average Bonchev–Trinajstić information content (AvgIpc) is 3.01. The number of hydrogen-bond acceptors (Lipinski definition) is 1.